The van der Waals surface area contributed by atoms with Crippen LogP contribution in [0.3, 0.4) is 0 Å². The van der Waals surface area contributed by atoms with Crippen LogP contribution in [-0.2, 0) is 15.9 Å². The standard InChI is InChI=1S/C45H71FN2O4S/c1-30(2)33-12-21-45(47-26-29-48-27-15-32(16-28-48)53(51)52)23-22-42(6)35(38(33)45)8-9-37-41(5)17-13-34(40(3,4)36(41)14-18-43(37,42)7)31-10-19-44(20-11-31,24-25-46)39(49)50/h10,13,32-33,35-38,47H,1,8-9,11-12,14-29H2,2-7H3,(H,49,50)(H,51,52)/p-1/t33-,35+,36-,37+,38+,41-,42+,43+,44+,45-/m0/s1. The number of alkyl halides is 1. The first-order chi connectivity index (χ1) is 25.0. The van der Waals surface area contributed by atoms with Crippen LogP contribution < -0.4 is 5.32 Å². The molecule has 0 radical (unpaired) electrons. The summed E-state index contributed by atoms with van der Waals surface area (Å²) in [5.41, 5.74) is 4.09. The molecule has 6 nitrogen and oxygen atoms in total. The molecule has 11 atom stereocenters. The van der Waals surface area contributed by atoms with Gasteiger partial charge in [0.1, 0.15) is 0 Å². The van der Waals surface area contributed by atoms with Crippen molar-refractivity contribution >= 4 is 17.0 Å². The van der Waals surface area contributed by atoms with Gasteiger partial charge in [-0.3, -0.25) is 13.4 Å². The highest BCUT2D eigenvalue weighted by Crippen LogP contribution is 2.76. The van der Waals surface area contributed by atoms with Crippen molar-refractivity contribution in [3.8, 4) is 0 Å². The average molecular weight is 754 g/mol. The van der Waals surface area contributed by atoms with Crippen molar-refractivity contribution in [1.29, 1.82) is 0 Å². The first-order valence-corrected chi connectivity index (χ1v) is 22.5. The molecule has 53 heavy (non-hydrogen) atoms. The molecule has 2 N–H and O–H groups in total. The Labute approximate surface area is 322 Å². The molecular formula is C45H70FN2O4S-. The van der Waals surface area contributed by atoms with Crippen molar-refractivity contribution in [1.82, 2.24) is 10.2 Å². The largest absolute Gasteiger partial charge is 0.772 e. The van der Waals surface area contributed by atoms with E-state index in [2.05, 4.69) is 70.5 Å². The van der Waals surface area contributed by atoms with Crippen LogP contribution in [0.4, 0.5) is 4.39 Å². The van der Waals surface area contributed by atoms with Crippen molar-refractivity contribution in [2.45, 2.75) is 149 Å². The van der Waals surface area contributed by atoms with E-state index in [9.17, 15) is 23.1 Å². The van der Waals surface area contributed by atoms with Crippen LogP contribution in [0.15, 0.2) is 35.5 Å². The molecule has 1 saturated heterocycles. The third-order valence-electron chi connectivity index (χ3n) is 18.3. The van der Waals surface area contributed by atoms with Crippen molar-refractivity contribution in [2.24, 2.45) is 56.7 Å². The van der Waals surface area contributed by atoms with E-state index in [4.69, 9.17) is 0 Å². The highest BCUT2D eigenvalue weighted by molar-refractivity contribution is 7.79. The van der Waals surface area contributed by atoms with Gasteiger partial charge in [0.05, 0.1) is 12.1 Å². The van der Waals surface area contributed by atoms with Crippen molar-refractivity contribution in [2.75, 3.05) is 32.9 Å². The van der Waals surface area contributed by atoms with Crippen LogP contribution in [-0.4, -0.2) is 68.4 Å². The lowest BCUT2D eigenvalue weighted by atomic mass is 9.33. The van der Waals surface area contributed by atoms with Gasteiger partial charge in [-0.2, -0.15) is 0 Å². The smallest absolute Gasteiger partial charge is 0.310 e. The molecule has 8 heteroatoms. The molecule has 298 valence electrons. The number of allylic oxidation sites excluding steroid dienone is 5. The van der Waals surface area contributed by atoms with E-state index in [0.29, 0.717) is 42.4 Å². The van der Waals surface area contributed by atoms with E-state index in [1.165, 1.54) is 68.1 Å². The monoisotopic (exact) mass is 754 g/mol. The lowest BCUT2D eigenvalue weighted by Crippen LogP contribution is -2.68. The van der Waals surface area contributed by atoms with E-state index < -0.39 is 29.1 Å². The molecule has 0 aromatic carbocycles. The third-order valence-corrected chi connectivity index (χ3v) is 19.4. The summed E-state index contributed by atoms with van der Waals surface area (Å²) in [6.45, 7) is 23.0. The van der Waals surface area contributed by atoms with Gasteiger partial charge in [0.25, 0.3) is 0 Å². The number of halogens is 1. The minimum atomic E-state index is -1.95. The van der Waals surface area contributed by atoms with Gasteiger partial charge in [-0.15, -0.1) is 0 Å². The second-order valence-corrected chi connectivity index (χ2v) is 21.8. The van der Waals surface area contributed by atoms with Crippen LogP contribution in [0, 0.1) is 56.7 Å². The normalized spacial score (nSPS) is 44.8. The predicted octanol–water partition coefficient (Wildman–Crippen LogP) is 9.41. The molecule has 7 aliphatic rings. The molecular weight excluding hydrogens is 684 g/mol. The van der Waals surface area contributed by atoms with Gasteiger partial charge >= 0.3 is 5.97 Å². The van der Waals surface area contributed by atoms with Gasteiger partial charge in [-0.1, -0.05) is 70.0 Å². The Bertz CT molecular complexity index is 1540. The summed E-state index contributed by atoms with van der Waals surface area (Å²) in [4.78, 5) is 14.7. The van der Waals surface area contributed by atoms with Crippen LogP contribution in [0.25, 0.3) is 0 Å². The number of hydrogen-bond donors (Lipinski definition) is 2. The molecule has 0 aromatic heterocycles. The van der Waals surface area contributed by atoms with Gasteiger partial charge in [-0.25, -0.2) is 0 Å². The van der Waals surface area contributed by atoms with Crippen molar-refractivity contribution < 1.29 is 23.1 Å². The number of nitrogens with zero attached hydrogens (tertiary/aromatic N) is 1. The Morgan fingerprint density at radius 3 is 2.32 bits per heavy atom. The highest BCUT2D eigenvalue weighted by Gasteiger charge is 2.70. The highest BCUT2D eigenvalue weighted by atomic mass is 32.2. The van der Waals surface area contributed by atoms with Gasteiger partial charge in [0, 0.05) is 23.9 Å². The summed E-state index contributed by atoms with van der Waals surface area (Å²) in [5, 5.41) is 14.1. The maximum Gasteiger partial charge on any atom is 0.310 e. The number of aliphatic carboxylic acids is 1. The molecule has 5 fully saturated rings. The maximum absolute atomic E-state index is 13.4. The van der Waals surface area contributed by atoms with Gasteiger partial charge in [0.2, 0.25) is 0 Å². The Morgan fingerprint density at radius 1 is 0.962 bits per heavy atom. The Kier molecular flexibility index (Phi) is 10.7. The average Bonchev–Trinajstić information content (AvgIpc) is 3.49. The molecule has 0 aromatic rings. The molecule has 1 unspecified atom stereocenters. The minimum Gasteiger partial charge on any atom is -0.772 e. The maximum atomic E-state index is 13.4. The molecule has 1 heterocycles. The molecule has 1 aliphatic heterocycles. The van der Waals surface area contributed by atoms with Crippen LogP contribution in [0.1, 0.15) is 138 Å². The topological polar surface area (TPSA) is 92.7 Å². The number of likely N-dealkylation sites (tertiary alicyclic amines) is 1. The van der Waals surface area contributed by atoms with Gasteiger partial charge in [0.15, 0.2) is 0 Å². The fraction of sp³-hybridized carbons (Fsp3) is 0.844. The lowest BCUT2D eigenvalue weighted by molar-refractivity contribution is -0.221. The van der Waals surface area contributed by atoms with E-state index in [-0.39, 0.29) is 38.9 Å². The summed E-state index contributed by atoms with van der Waals surface area (Å²) < 4.78 is 36.5. The summed E-state index contributed by atoms with van der Waals surface area (Å²) in [7, 11) is 0. The van der Waals surface area contributed by atoms with Crippen LogP contribution in [0.2, 0.25) is 0 Å². The van der Waals surface area contributed by atoms with Crippen molar-refractivity contribution in [3.05, 3.63) is 35.5 Å². The summed E-state index contributed by atoms with van der Waals surface area (Å²) in [5.74, 6) is 2.23. The summed E-state index contributed by atoms with van der Waals surface area (Å²) >= 11 is -1.95. The fourth-order valence-corrected chi connectivity index (χ4v) is 15.8. The SMILES string of the molecule is C=C(C)[C@@H]1CC[C@]2(NCCN3CCC(S(=O)[O-])CC3)CC[C@]3(C)[C@H](CC[C@@H]4[C@@]5(C)CC=C(C6=CC[C@@](CCF)(C(=O)O)CC6)C(C)(C)[C@@H]5CC[C@]43C)[C@@H]12. The zero-order valence-corrected chi connectivity index (χ0v) is 34.7. The number of carbonyl (C=O) groups is 1. The zero-order chi connectivity index (χ0) is 38.2. The van der Waals surface area contributed by atoms with E-state index in [0.717, 1.165) is 51.9 Å². The molecule has 0 spiro atoms. The number of rotatable bonds is 10. The fourth-order valence-electron chi connectivity index (χ4n) is 15.2. The Morgan fingerprint density at radius 2 is 1.70 bits per heavy atom. The molecule has 6 aliphatic carbocycles. The Hall–Kier alpha value is -1.35. The van der Waals surface area contributed by atoms with Crippen molar-refractivity contribution in [3.63, 3.8) is 0 Å². The second kappa shape index (κ2) is 14.2. The number of carboxylic acids is 1. The molecule has 7 rings (SSSR count). The third kappa shape index (κ3) is 6.24. The first-order valence-electron chi connectivity index (χ1n) is 21.4. The number of fused-ring (bicyclic) bond motifs is 7. The summed E-state index contributed by atoms with van der Waals surface area (Å²) in [6, 6.07) is 0. The Balaban J connectivity index is 1.11. The second-order valence-electron chi connectivity index (χ2n) is 20.6. The summed E-state index contributed by atoms with van der Waals surface area (Å²) in [6.07, 6.45) is 19.2. The van der Waals surface area contributed by atoms with Crippen LogP contribution in [0.5, 0.6) is 0 Å². The van der Waals surface area contributed by atoms with E-state index >= 15 is 0 Å². The molecule has 0 amide bonds. The lowest BCUT2D eigenvalue weighted by Gasteiger charge is -2.72. The molecule has 4 saturated carbocycles. The number of hydrogen-bond acceptors (Lipinski definition) is 5. The first kappa shape index (κ1) is 39.9. The number of piperidine rings is 1. The number of nitrogens with one attached hydrogen (secondary N) is 1. The predicted molar refractivity (Wildman–Crippen MR) is 212 cm³/mol. The quantitative estimate of drug-likeness (QED) is 0.171. The van der Waals surface area contributed by atoms with Crippen LogP contribution >= 0.6 is 0 Å². The number of carboxylic acid groups (broad SMARTS) is 1. The van der Waals surface area contributed by atoms with Gasteiger partial charge in [-0.05, 0) is 179 Å². The van der Waals surface area contributed by atoms with Gasteiger partial charge < -0.3 is 19.9 Å². The molecule has 0 bridgehead atoms. The zero-order valence-electron chi connectivity index (χ0n) is 33.9. The van der Waals surface area contributed by atoms with E-state index in [1.807, 2.05) is 0 Å². The minimum absolute atomic E-state index is 0.00466. The van der Waals surface area contributed by atoms with E-state index in [1.54, 1.807) is 0 Å².